The Labute approximate surface area is 146 Å². The molecule has 0 aromatic heterocycles. The Morgan fingerprint density at radius 1 is 1.22 bits per heavy atom. The van der Waals surface area contributed by atoms with Gasteiger partial charge in [-0.25, -0.2) is 0 Å². The Bertz CT molecular complexity index is 531. The summed E-state index contributed by atoms with van der Waals surface area (Å²) in [5.74, 6) is 0.742. The third kappa shape index (κ3) is 3.56. The summed E-state index contributed by atoms with van der Waals surface area (Å²) in [4.78, 5) is 15.1. The monoisotopic (exact) mass is 336 g/mol. The fourth-order valence-electron chi connectivity index (χ4n) is 4.36. The van der Waals surface area contributed by atoms with Crippen molar-refractivity contribution in [1.82, 2.24) is 4.90 Å². The highest BCUT2D eigenvalue weighted by Crippen LogP contribution is 2.38. The molecule has 0 spiro atoms. The van der Waals surface area contributed by atoms with Crippen molar-refractivity contribution in [2.45, 2.75) is 63.5 Å². The second-order valence-electron chi connectivity index (χ2n) is 7.38. The smallest absolute Gasteiger partial charge is 0.227 e. The summed E-state index contributed by atoms with van der Waals surface area (Å²) in [6.07, 6.45) is 5.26. The summed E-state index contributed by atoms with van der Waals surface area (Å²) in [6, 6.07) is 10.9. The highest BCUT2D eigenvalue weighted by atomic mass is 35.5. The number of nitrogens with zero attached hydrogens (tertiary/aromatic N) is 1. The van der Waals surface area contributed by atoms with Gasteiger partial charge in [-0.1, -0.05) is 43.2 Å². The minimum atomic E-state index is -0.333. The van der Waals surface area contributed by atoms with E-state index in [1.165, 1.54) is 5.56 Å². The number of hydrogen-bond donors (Lipinski definition) is 1. The Morgan fingerprint density at radius 2 is 1.91 bits per heavy atom. The molecular formula is C19H29ClN2O. The van der Waals surface area contributed by atoms with Crippen LogP contribution in [0.15, 0.2) is 30.3 Å². The van der Waals surface area contributed by atoms with E-state index in [-0.39, 0.29) is 35.8 Å². The van der Waals surface area contributed by atoms with Crippen molar-refractivity contribution in [1.29, 1.82) is 0 Å². The molecule has 1 saturated heterocycles. The number of nitrogens with two attached hydrogens (primary N) is 1. The molecular weight excluding hydrogens is 308 g/mol. The Hall–Kier alpha value is -1.06. The molecule has 1 aliphatic carbocycles. The van der Waals surface area contributed by atoms with Crippen molar-refractivity contribution in [3.63, 3.8) is 0 Å². The van der Waals surface area contributed by atoms with Crippen LogP contribution in [-0.2, 0) is 4.79 Å². The largest absolute Gasteiger partial charge is 0.339 e. The average molecular weight is 337 g/mol. The molecule has 23 heavy (non-hydrogen) atoms. The fourth-order valence-corrected chi connectivity index (χ4v) is 4.36. The van der Waals surface area contributed by atoms with Crippen molar-refractivity contribution in [3.05, 3.63) is 35.9 Å². The highest BCUT2D eigenvalue weighted by Gasteiger charge is 2.43. The number of rotatable bonds is 2. The normalized spacial score (nSPS) is 34.0. The summed E-state index contributed by atoms with van der Waals surface area (Å²) in [5.41, 5.74) is 7.45. The van der Waals surface area contributed by atoms with Crippen LogP contribution in [0, 0.1) is 5.92 Å². The number of halogens is 1. The lowest BCUT2D eigenvalue weighted by Crippen LogP contribution is -2.54. The third-order valence-corrected chi connectivity index (χ3v) is 5.82. The van der Waals surface area contributed by atoms with Gasteiger partial charge in [-0.15, -0.1) is 12.4 Å². The van der Waals surface area contributed by atoms with Crippen LogP contribution in [0.4, 0.5) is 0 Å². The van der Waals surface area contributed by atoms with Gasteiger partial charge in [-0.3, -0.25) is 4.79 Å². The number of likely N-dealkylation sites (tertiary alicyclic amines) is 1. The second-order valence-corrected chi connectivity index (χ2v) is 7.38. The molecule has 3 rings (SSSR count). The van der Waals surface area contributed by atoms with Gasteiger partial charge in [0.05, 0.1) is 5.92 Å². The van der Waals surface area contributed by atoms with E-state index in [2.05, 4.69) is 43.0 Å². The van der Waals surface area contributed by atoms with Crippen molar-refractivity contribution in [3.8, 4) is 0 Å². The molecule has 2 aliphatic rings. The van der Waals surface area contributed by atoms with Gasteiger partial charge in [0.2, 0.25) is 5.91 Å². The van der Waals surface area contributed by atoms with Crippen molar-refractivity contribution in [2.75, 3.05) is 6.54 Å². The van der Waals surface area contributed by atoms with E-state index in [1.807, 2.05) is 6.07 Å². The van der Waals surface area contributed by atoms with Crippen LogP contribution in [-0.4, -0.2) is 28.9 Å². The average Bonchev–Trinajstić information content (AvgIpc) is 2.89. The summed E-state index contributed by atoms with van der Waals surface area (Å²) >= 11 is 0. The number of carbonyl (C=O) groups excluding carboxylic acids is 1. The maximum Gasteiger partial charge on any atom is 0.227 e. The maximum atomic E-state index is 13.0. The molecule has 1 aliphatic heterocycles. The molecule has 1 saturated carbocycles. The second kappa shape index (κ2) is 7.23. The zero-order chi connectivity index (χ0) is 15.7. The molecule has 1 amide bonds. The van der Waals surface area contributed by atoms with Crippen molar-refractivity contribution < 1.29 is 4.79 Å². The van der Waals surface area contributed by atoms with Crippen LogP contribution in [0.25, 0.3) is 0 Å². The van der Waals surface area contributed by atoms with Gasteiger partial charge in [-0.05, 0) is 38.7 Å². The van der Waals surface area contributed by atoms with Crippen LogP contribution in [0.3, 0.4) is 0 Å². The Balaban J connectivity index is 0.00000192. The zero-order valence-corrected chi connectivity index (χ0v) is 15.0. The first-order valence-electron chi connectivity index (χ1n) is 8.65. The highest BCUT2D eigenvalue weighted by molar-refractivity contribution is 5.85. The SMILES string of the molecule is CC1C(c2ccccc2)CCN1C(=O)C1CCCCC1(C)N.Cl. The standard InChI is InChI=1S/C19H28N2O.ClH/c1-14-16(15-8-4-3-5-9-15)11-13-21(14)18(22)17-10-6-7-12-19(17,2)20;/h3-5,8-9,14,16-17H,6-7,10-13,20H2,1-2H3;1H. The van der Waals surface area contributed by atoms with E-state index >= 15 is 0 Å². The van der Waals surface area contributed by atoms with Crippen LogP contribution in [0.5, 0.6) is 0 Å². The van der Waals surface area contributed by atoms with Crippen molar-refractivity contribution >= 4 is 18.3 Å². The molecule has 4 heteroatoms. The summed E-state index contributed by atoms with van der Waals surface area (Å²) in [5, 5.41) is 0. The molecule has 1 aromatic carbocycles. The number of carbonyl (C=O) groups is 1. The molecule has 3 nitrogen and oxygen atoms in total. The maximum absolute atomic E-state index is 13.0. The summed E-state index contributed by atoms with van der Waals surface area (Å²) < 4.78 is 0. The van der Waals surface area contributed by atoms with E-state index in [4.69, 9.17) is 5.73 Å². The van der Waals surface area contributed by atoms with Gasteiger partial charge >= 0.3 is 0 Å². The molecule has 4 unspecified atom stereocenters. The van der Waals surface area contributed by atoms with Gasteiger partial charge in [-0.2, -0.15) is 0 Å². The minimum absolute atomic E-state index is 0. The lowest BCUT2D eigenvalue weighted by Gasteiger charge is -2.40. The predicted octanol–water partition coefficient (Wildman–Crippen LogP) is 3.72. The van der Waals surface area contributed by atoms with Crippen LogP contribution >= 0.6 is 12.4 Å². The fraction of sp³-hybridized carbons (Fsp3) is 0.632. The first kappa shape index (κ1) is 18.3. The van der Waals surface area contributed by atoms with Gasteiger partial charge in [0.1, 0.15) is 0 Å². The number of benzene rings is 1. The van der Waals surface area contributed by atoms with Gasteiger partial charge < -0.3 is 10.6 Å². The first-order valence-corrected chi connectivity index (χ1v) is 8.65. The third-order valence-electron chi connectivity index (χ3n) is 5.82. The zero-order valence-electron chi connectivity index (χ0n) is 14.2. The summed E-state index contributed by atoms with van der Waals surface area (Å²) in [7, 11) is 0. The van der Waals surface area contributed by atoms with E-state index in [0.29, 0.717) is 5.92 Å². The molecule has 1 heterocycles. The van der Waals surface area contributed by atoms with Gasteiger partial charge in [0.15, 0.2) is 0 Å². The van der Waals surface area contributed by atoms with E-state index in [9.17, 15) is 4.79 Å². The molecule has 1 aromatic rings. The molecule has 128 valence electrons. The topological polar surface area (TPSA) is 46.3 Å². The molecule has 0 bridgehead atoms. The number of hydrogen-bond acceptors (Lipinski definition) is 2. The van der Waals surface area contributed by atoms with Gasteiger partial charge in [0, 0.05) is 24.0 Å². The predicted molar refractivity (Wildman–Crippen MR) is 96.8 cm³/mol. The minimum Gasteiger partial charge on any atom is -0.339 e. The quantitative estimate of drug-likeness (QED) is 0.894. The number of amides is 1. The van der Waals surface area contributed by atoms with Gasteiger partial charge in [0.25, 0.3) is 0 Å². The van der Waals surface area contributed by atoms with Crippen LogP contribution < -0.4 is 5.73 Å². The van der Waals surface area contributed by atoms with E-state index < -0.39 is 0 Å². The lowest BCUT2D eigenvalue weighted by atomic mass is 9.74. The summed E-state index contributed by atoms with van der Waals surface area (Å²) in [6.45, 7) is 5.12. The lowest BCUT2D eigenvalue weighted by molar-refractivity contribution is -0.139. The van der Waals surface area contributed by atoms with Crippen molar-refractivity contribution in [2.24, 2.45) is 11.7 Å². The molecule has 0 radical (unpaired) electrons. The Kier molecular flexibility index (Phi) is 5.74. The van der Waals surface area contributed by atoms with Crippen LogP contribution in [0.2, 0.25) is 0 Å². The van der Waals surface area contributed by atoms with E-state index in [1.54, 1.807) is 0 Å². The molecule has 2 N–H and O–H groups in total. The Morgan fingerprint density at radius 3 is 2.57 bits per heavy atom. The molecule has 4 atom stereocenters. The molecule has 2 fully saturated rings. The van der Waals surface area contributed by atoms with E-state index in [0.717, 1.165) is 38.6 Å². The first-order chi connectivity index (χ1) is 10.5. The van der Waals surface area contributed by atoms with Crippen LogP contribution in [0.1, 0.15) is 57.4 Å².